The number of aliphatic carboxylic acids is 1. The molecule has 17 heavy (non-hydrogen) atoms. The second-order valence-corrected chi connectivity index (χ2v) is 5.86. The SMILES string of the molecule is CC(C)(C(=O)O)C1CCCN(CC(Cl)=CCl)C1. The first kappa shape index (κ1) is 14.8. The molecule has 0 aromatic heterocycles. The molecule has 0 spiro atoms. The van der Waals surface area contributed by atoms with Crippen LogP contribution in [0.15, 0.2) is 10.6 Å². The van der Waals surface area contributed by atoms with E-state index in [9.17, 15) is 9.90 Å². The number of hydrogen-bond acceptors (Lipinski definition) is 2. The molecule has 1 N–H and O–H groups in total. The highest BCUT2D eigenvalue weighted by atomic mass is 35.5. The Labute approximate surface area is 112 Å². The molecule has 1 unspecified atom stereocenters. The van der Waals surface area contributed by atoms with E-state index in [0.717, 1.165) is 25.9 Å². The summed E-state index contributed by atoms with van der Waals surface area (Å²) in [5.74, 6) is -0.572. The predicted molar refractivity (Wildman–Crippen MR) is 70.4 cm³/mol. The average molecular weight is 280 g/mol. The Balaban J connectivity index is 2.63. The maximum Gasteiger partial charge on any atom is 0.309 e. The highest BCUT2D eigenvalue weighted by molar-refractivity contribution is 6.36. The van der Waals surface area contributed by atoms with Gasteiger partial charge in [0.2, 0.25) is 0 Å². The molecule has 0 bridgehead atoms. The van der Waals surface area contributed by atoms with Crippen LogP contribution in [0.4, 0.5) is 0 Å². The minimum atomic E-state index is -0.733. The summed E-state index contributed by atoms with van der Waals surface area (Å²) in [4.78, 5) is 13.4. The van der Waals surface area contributed by atoms with Gasteiger partial charge in [0.05, 0.1) is 5.41 Å². The topological polar surface area (TPSA) is 40.5 Å². The molecule has 3 nitrogen and oxygen atoms in total. The molecule has 98 valence electrons. The van der Waals surface area contributed by atoms with E-state index in [4.69, 9.17) is 23.2 Å². The second kappa shape index (κ2) is 6.07. The molecule has 0 aromatic rings. The van der Waals surface area contributed by atoms with Crippen molar-refractivity contribution in [2.75, 3.05) is 19.6 Å². The normalized spacial score (nSPS) is 23.8. The highest BCUT2D eigenvalue weighted by Gasteiger charge is 2.38. The van der Waals surface area contributed by atoms with E-state index in [1.54, 1.807) is 13.8 Å². The molecule has 1 heterocycles. The Morgan fingerprint density at radius 3 is 2.76 bits per heavy atom. The van der Waals surface area contributed by atoms with Gasteiger partial charge in [0.1, 0.15) is 0 Å². The zero-order chi connectivity index (χ0) is 13.1. The number of likely N-dealkylation sites (tertiary alicyclic amines) is 1. The maximum atomic E-state index is 11.2. The van der Waals surface area contributed by atoms with Crippen LogP contribution in [-0.4, -0.2) is 35.6 Å². The Bertz CT molecular complexity index is 316. The van der Waals surface area contributed by atoms with E-state index < -0.39 is 11.4 Å². The largest absolute Gasteiger partial charge is 0.481 e. The quantitative estimate of drug-likeness (QED) is 0.860. The molecule has 1 aliphatic heterocycles. The van der Waals surface area contributed by atoms with Gasteiger partial charge in [-0.3, -0.25) is 9.69 Å². The van der Waals surface area contributed by atoms with Gasteiger partial charge in [-0.1, -0.05) is 23.2 Å². The van der Waals surface area contributed by atoms with Crippen molar-refractivity contribution >= 4 is 29.2 Å². The van der Waals surface area contributed by atoms with Crippen LogP contribution in [0.3, 0.4) is 0 Å². The number of carbonyl (C=O) groups is 1. The summed E-state index contributed by atoms with van der Waals surface area (Å²) in [5.41, 5.74) is 0.684. The first-order valence-electron chi connectivity index (χ1n) is 5.78. The number of carboxylic acids is 1. The standard InChI is InChI=1S/C12H19Cl2NO2/c1-12(2,11(16)17)9-4-3-5-15(7-9)8-10(14)6-13/h6,9H,3-5,7-8H2,1-2H3,(H,16,17). The Morgan fingerprint density at radius 2 is 2.24 bits per heavy atom. The van der Waals surface area contributed by atoms with Crippen molar-refractivity contribution < 1.29 is 9.90 Å². The summed E-state index contributed by atoms with van der Waals surface area (Å²) in [6, 6.07) is 0. The molecule has 1 aliphatic rings. The molecule has 1 rings (SSSR count). The average Bonchev–Trinajstić information content (AvgIpc) is 2.29. The van der Waals surface area contributed by atoms with E-state index in [1.165, 1.54) is 5.54 Å². The smallest absolute Gasteiger partial charge is 0.309 e. The predicted octanol–water partition coefficient (Wildman–Crippen LogP) is 3.13. The molecule has 0 amide bonds. The van der Waals surface area contributed by atoms with Gasteiger partial charge < -0.3 is 5.11 Å². The zero-order valence-corrected chi connectivity index (χ0v) is 11.8. The molecule has 0 saturated carbocycles. The fourth-order valence-corrected chi connectivity index (χ4v) is 2.45. The number of carboxylic acid groups (broad SMARTS) is 1. The van der Waals surface area contributed by atoms with Crippen molar-refractivity contribution in [3.63, 3.8) is 0 Å². The van der Waals surface area contributed by atoms with Crippen LogP contribution in [0.2, 0.25) is 0 Å². The minimum Gasteiger partial charge on any atom is -0.481 e. The third-order valence-corrected chi connectivity index (χ3v) is 4.17. The minimum absolute atomic E-state index is 0.161. The van der Waals surface area contributed by atoms with Crippen LogP contribution in [0, 0.1) is 11.3 Å². The lowest BCUT2D eigenvalue weighted by Crippen LogP contribution is -2.45. The lowest BCUT2D eigenvalue weighted by molar-refractivity contribution is -0.151. The molecule has 1 fully saturated rings. The van der Waals surface area contributed by atoms with E-state index in [-0.39, 0.29) is 5.92 Å². The summed E-state index contributed by atoms with van der Waals surface area (Å²) < 4.78 is 0. The van der Waals surface area contributed by atoms with Gasteiger partial charge in [-0.15, -0.1) is 0 Å². The van der Waals surface area contributed by atoms with E-state index in [2.05, 4.69) is 4.90 Å². The molecule has 0 radical (unpaired) electrons. The fourth-order valence-electron chi connectivity index (χ4n) is 2.21. The highest BCUT2D eigenvalue weighted by Crippen LogP contribution is 2.34. The fraction of sp³-hybridized carbons (Fsp3) is 0.750. The summed E-state index contributed by atoms with van der Waals surface area (Å²) in [6.45, 7) is 5.91. The van der Waals surface area contributed by atoms with Gasteiger partial charge in [-0.05, 0) is 39.2 Å². The molecular weight excluding hydrogens is 261 g/mol. The van der Waals surface area contributed by atoms with Crippen LogP contribution >= 0.6 is 23.2 Å². The third-order valence-electron chi connectivity index (χ3n) is 3.57. The molecule has 5 heteroatoms. The summed E-state index contributed by atoms with van der Waals surface area (Å²) in [6.07, 6.45) is 1.96. The molecule has 0 aromatic carbocycles. The van der Waals surface area contributed by atoms with E-state index in [0.29, 0.717) is 11.6 Å². The number of rotatable bonds is 4. The monoisotopic (exact) mass is 279 g/mol. The van der Waals surface area contributed by atoms with Crippen molar-refractivity contribution in [2.45, 2.75) is 26.7 Å². The van der Waals surface area contributed by atoms with Crippen LogP contribution in [-0.2, 0) is 4.79 Å². The Hall–Kier alpha value is -0.250. The molecule has 0 aliphatic carbocycles. The van der Waals surface area contributed by atoms with Crippen molar-refractivity contribution in [1.82, 2.24) is 4.90 Å². The van der Waals surface area contributed by atoms with Crippen molar-refractivity contribution in [3.05, 3.63) is 10.6 Å². The molecule has 1 atom stereocenters. The first-order chi connectivity index (χ1) is 7.87. The van der Waals surface area contributed by atoms with Crippen LogP contribution < -0.4 is 0 Å². The van der Waals surface area contributed by atoms with E-state index in [1.807, 2.05) is 0 Å². The van der Waals surface area contributed by atoms with Gasteiger partial charge in [-0.2, -0.15) is 0 Å². The van der Waals surface area contributed by atoms with Gasteiger partial charge in [0, 0.05) is 23.7 Å². The molecule has 1 saturated heterocycles. The van der Waals surface area contributed by atoms with E-state index >= 15 is 0 Å². The zero-order valence-electron chi connectivity index (χ0n) is 10.2. The summed E-state index contributed by atoms with van der Waals surface area (Å²) in [5, 5.41) is 9.83. The lowest BCUT2D eigenvalue weighted by Gasteiger charge is -2.39. The summed E-state index contributed by atoms with van der Waals surface area (Å²) >= 11 is 11.4. The third kappa shape index (κ3) is 3.87. The van der Waals surface area contributed by atoms with Crippen molar-refractivity contribution in [2.24, 2.45) is 11.3 Å². The number of piperidine rings is 1. The first-order valence-corrected chi connectivity index (χ1v) is 6.60. The maximum absolute atomic E-state index is 11.2. The number of hydrogen-bond donors (Lipinski definition) is 1. The Morgan fingerprint density at radius 1 is 1.59 bits per heavy atom. The number of halogens is 2. The second-order valence-electron chi connectivity index (χ2n) is 5.16. The lowest BCUT2D eigenvalue weighted by atomic mass is 9.74. The van der Waals surface area contributed by atoms with Gasteiger partial charge in [0.15, 0.2) is 0 Å². The van der Waals surface area contributed by atoms with Crippen LogP contribution in [0.5, 0.6) is 0 Å². The molecular formula is C12H19Cl2NO2. The van der Waals surface area contributed by atoms with Gasteiger partial charge in [0.25, 0.3) is 0 Å². The summed E-state index contributed by atoms with van der Waals surface area (Å²) in [7, 11) is 0. The van der Waals surface area contributed by atoms with Crippen LogP contribution in [0.25, 0.3) is 0 Å². The van der Waals surface area contributed by atoms with Crippen molar-refractivity contribution in [3.8, 4) is 0 Å². The Kier molecular flexibility index (Phi) is 5.29. The van der Waals surface area contributed by atoms with Crippen molar-refractivity contribution in [1.29, 1.82) is 0 Å². The van der Waals surface area contributed by atoms with Gasteiger partial charge >= 0.3 is 5.97 Å². The van der Waals surface area contributed by atoms with Gasteiger partial charge in [-0.25, -0.2) is 0 Å². The van der Waals surface area contributed by atoms with Crippen LogP contribution in [0.1, 0.15) is 26.7 Å². The number of nitrogens with zero attached hydrogens (tertiary/aromatic N) is 1.